The van der Waals surface area contributed by atoms with Crippen molar-refractivity contribution in [2.45, 2.75) is 26.1 Å². The van der Waals surface area contributed by atoms with Crippen molar-refractivity contribution in [2.75, 3.05) is 27.9 Å². The Morgan fingerprint density at radius 1 is 0.973 bits per heavy atom. The fourth-order valence-electron chi connectivity index (χ4n) is 3.88. The fourth-order valence-corrected chi connectivity index (χ4v) is 4.69. The number of amides is 1. The second-order valence-electron chi connectivity index (χ2n) is 8.39. The Balaban J connectivity index is 1.44. The summed E-state index contributed by atoms with van der Waals surface area (Å²) in [6, 6.07) is 17.7. The second kappa shape index (κ2) is 12.9. The van der Waals surface area contributed by atoms with Gasteiger partial charge in [0.05, 0.1) is 40.7 Å². The van der Waals surface area contributed by atoms with Gasteiger partial charge in [-0.05, 0) is 53.9 Å². The third-order valence-electron chi connectivity index (χ3n) is 5.88. The van der Waals surface area contributed by atoms with E-state index >= 15 is 0 Å². The lowest BCUT2D eigenvalue weighted by molar-refractivity contribution is 0.0943. The number of aromatic nitrogens is 1. The molecule has 1 amide bonds. The van der Waals surface area contributed by atoms with Crippen molar-refractivity contribution in [2.24, 2.45) is 0 Å². The monoisotopic (exact) mass is 521 g/mol. The van der Waals surface area contributed by atoms with Gasteiger partial charge in [-0.2, -0.15) is 0 Å². The van der Waals surface area contributed by atoms with Gasteiger partial charge in [0.25, 0.3) is 5.91 Å². The van der Waals surface area contributed by atoms with Gasteiger partial charge < -0.3 is 23.9 Å². The Labute approximate surface area is 220 Å². The first-order valence-electron chi connectivity index (χ1n) is 11.9. The molecular formula is C28H31N3O5S. The smallest absolute Gasteiger partial charge is 0.271 e. The maximum Gasteiger partial charge on any atom is 0.271 e. The number of carbonyl (C=O) groups excluding carboxylic acids is 1. The van der Waals surface area contributed by atoms with E-state index in [0.29, 0.717) is 36.0 Å². The Hall–Kier alpha value is -3.82. The summed E-state index contributed by atoms with van der Waals surface area (Å²) in [5.41, 5.74) is 2.73. The molecule has 4 rings (SSSR count). The maximum absolute atomic E-state index is 12.6. The van der Waals surface area contributed by atoms with Crippen molar-refractivity contribution in [3.8, 4) is 17.2 Å². The predicted molar refractivity (Wildman–Crippen MR) is 142 cm³/mol. The van der Waals surface area contributed by atoms with Gasteiger partial charge in [0, 0.05) is 18.5 Å². The second-order valence-corrected chi connectivity index (χ2v) is 9.33. The van der Waals surface area contributed by atoms with Gasteiger partial charge in [-0.3, -0.25) is 9.69 Å². The number of carbonyl (C=O) groups is 1. The Bertz CT molecular complexity index is 1270. The van der Waals surface area contributed by atoms with Crippen LogP contribution in [0.5, 0.6) is 17.2 Å². The molecule has 4 aromatic rings. The lowest BCUT2D eigenvalue weighted by atomic mass is 10.1. The van der Waals surface area contributed by atoms with E-state index in [0.717, 1.165) is 35.8 Å². The Kier molecular flexibility index (Phi) is 9.18. The zero-order chi connectivity index (χ0) is 26.0. The normalized spacial score (nSPS) is 10.9. The number of rotatable bonds is 13. The summed E-state index contributed by atoms with van der Waals surface area (Å²) in [4.78, 5) is 19.5. The van der Waals surface area contributed by atoms with Gasteiger partial charge in [0.2, 0.25) is 0 Å². The molecule has 8 nitrogen and oxygen atoms in total. The van der Waals surface area contributed by atoms with Crippen LogP contribution in [0.15, 0.2) is 70.7 Å². The summed E-state index contributed by atoms with van der Waals surface area (Å²) >= 11 is 1.49. The number of hydrogen-bond donors (Lipinski definition) is 1. The minimum atomic E-state index is -0.217. The summed E-state index contributed by atoms with van der Waals surface area (Å²) < 4.78 is 21.4. The van der Waals surface area contributed by atoms with Crippen molar-refractivity contribution in [3.63, 3.8) is 0 Å². The van der Waals surface area contributed by atoms with Crippen LogP contribution in [0, 0.1) is 0 Å². The molecule has 0 unspecified atom stereocenters. The standard InChI is InChI=1S/C28H31N3O5S/c1-33-22-9-6-21(7-10-22)17-31(13-12-20-8-11-25(34-2)26(15-20)35-3)18-27-30-24(19-37-27)28(32)29-16-23-5-4-14-36-23/h4-11,14-15,19H,12-13,16-18H2,1-3H3,(H,29,32). The molecule has 0 fully saturated rings. The largest absolute Gasteiger partial charge is 0.497 e. The van der Waals surface area contributed by atoms with Gasteiger partial charge in [-0.15, -0.1) is 11.3 Å². The van der Waals surface area contributed by atoms with Crippen LogP contribution >= 0.6 is 11.3 Å². The predicted octanol–water partition coefficient (Wildman–Crippen LogP) is 4.94. The third-order valence-corrected chi connectivity index (χ3v) is 6.71. The highest BCUT2D eigenvalue weighted by molar-refractivity contribution is 7.09. The molecule has 0 aliphatic carbocycles. The molecule has 1 N–H and O–H groups in total. The molecule has 0 aliphatic rings. The number of furan rings is 1. The van der Waals surface area contributed by atoms with Crippen molar-refractivity contribution < 1.29 is 23.4 Å². The molecule has 0 bridgehead atoms. The van der Waals surface area contributed by atoms with Gasteiger partial charge >= 0.3 is 0 Å². The summed E-state index contributed by atoms with van der Waals surface area (Å²) in [5.74, 6) is 2.73. The van der Waals surface area contributed by atoms with Gasteiger partial charge in [0.15, 0.2) is 11.5 Å². The molecule has 0 aliphatic heterocycles. The molecule has 0 radical (unpaired) electrons. The molecule has 2 aromatic heterocycles. The average molecular weight is 522 g/mol. The van der Waals surface area contributed by atoms with Crippen molar-refractivity contribution >= 4 is 17.2 Å². The molecule has 0 saturated carbocycles. The molecule has 0 saturated heterocycles. The number of nitrogens with zero attached hydrogens (tertiary/aromatic N) is 2. The highest BCUT2D eigenvalue weighted by Gasteiger charge is 2.15. The van der Waals surface area contributed by atoms with Gasteiger partial charge in [-0.1, -0.05) is 18.2 Å². The van der Waals surface area contributed by atoms with Crippen molar-refractivity contribution in [1.29, 1.82) is 0 Å². The number of nitrogens with one attached hydrogen (secondary N) is 1. The van der Waals surface area contributed by atoms with Crippen LogP contribution < -0.4 is 19.5 Å². The first-order valence-corrected chi connectivity index (χ1v) is 12.8. The SMILES string of the molecule is COc1ccc(CN(CCc2ccc(OC)c(OC)c2)Cc2nc(C(=O)NCc3ccco3)cs2)cc1. The number of hydrogen-bond acceptors (Lipinski definition) is 8. The number of methoxy groups -OCH3 is 3. The molecule has 37 heavy (non-hydrogen) atoms. The van der Waals surface area contributed by atoms with Crippen LogP contribution in [0.25, 0.3) is 0 Å². The molecule has 2 heterocycles. The number of benzene rings is 2. The first kappa shape index (κ1) is 26.2. The summed E-state index contributed by atoms with van der Waals surface area (Å²) in [5, 5.41) is 5.53. The highest BCUT2D eigenvalue weighted by atomic mass is 32.1. The van der Waals surface area contributed by atoms with Crippen LogP contribution in [0.4, 0.5) is 0 Å². The van der Waals surface area contributed by atoms with Gasteiger partial charge in [-0.25, -0.2) is 4.98 Å². The summed E-state index contributed by atoms with van der Waals surface area (Å²) in [7, 11) is 4.94. The van der Waals surface area contributed by atoms with E-state index < -0.39 is 0 Å². The fraction of sp³-hybridized carbons (Fsp3) is 0.286. The highest BCUT2D eigenvalue weighted by Crippen LogP contribution is 2.28. The summed E-state index contributed by atoms with van der Waals surface area (Å²) in [6.07, 6.45) is 2.40. The Morgan fingerprint density at radius 2 is 1.76 bits per heavy atom. The minimum Gasteiger partial charge on any atom is -0.497 e. The van der Waals surface area contributed by atoms with E-state index in [4.69, 9.17) is 18.6 Å². The lowest BCUT2D eigenvalue weighted by Crippen LogP contribution is -2.26. The van der Waals surface area contributed by atoms with Gasteiger partial charge in [0.1, 0.15) is 22.2 Å². The van der Waals surface area contributed by atoms with E-state index in [-0.39, 0.29) is 5.91 Å². The summed E-state index contributed by atoms with van der Waals surface area (Å²) in [6.45, 7) is 2.47. The molecule has 0 atom stereocenters. The van der Waals surface area contributed by atoms with Crippen LogP contribution in [0.2, 0.25) is 0 Å². The van der Waals surface area contributed by atoms with E-state index in [1.165, 1.54) is 16.9 Å². The van der Waals surface area contributed by atoms with E-state index in [9.17, 15) is 4.79 Å². The quantitative estimate of drug-likeness (QED) is 0.267. The minimum absolute atomic E-state index is 0.217. The average Bonchev–Trinajstić information content (AvgIpc) is 3.63. The molecule has 9 heteroatoms. The molecule has 2 aromatic carbocycles. The molecule has 0 spiro atoms. The number of ether oxygens (including phenoxy) is 3. The first-order chi connectivity index (χ1) is 18.1. The molecule has 194 valence electrons. The zero-order valence-electron chi connectivity index (χ0n) is 21.2. The van der Waals surface area contributed by atoms with Crippen LogP contribution in [-0.4, -0.2) is 43.7 Å². The topological polar surface area (TPSA) is 86.1 Å². The van der Waals surface area contributed by atoms with Crippen molar-refractivity contribution in [1.82, 2.24) is 15.2 Å². The van der Waals surface area contributed by atoms with E-state index in [1.54, 1.807) is 39.0 Å². The third kappa shape index (κ3) is 7.34. The van der Waals surface area contributed by atoms with Crippen LogP contribution in [-0.2, 0) is 26.1 Å². The van der Waals surface area contributed by atoms with Crippen molar-refractivity contribution in [3.05, 3.63) is 93.8 Å². The Morgan fingerprint density at radius 3 is 2.46 bits per heavy atom. The number of thiazole rings is 1. The van der Waals surface area contributed by atoms with E-state index in [2.05, 4.69) is 33.4 Å². The van der Waals surface area contributed by atoms with Crippen LogP contribution in [0.1, 0.15) is 32.4 Å². The molecular weight excluding hydrogens is 490 g/mol. The van der Waals surface area contributed by atoms with Crippen LogP contribution in [0.3, 0.4) is 0 Å². The maximum atomic E-state index is 12.6. The van der Waals surface area contributed by atoms with E-state index in [1.807, 2.05) is 30.3 Å². The lowest BCUT2D eigenvalue weighted by Gasteiger charge is -2.22. The zero-order valence-corrected chi connectivity index (χ0v) is 22.0.